The smallest absolute Gasteiger partial charge is 0.270 e. The number of non-ortho nitro benzene ring substituents is 1. The lowest BCUT2D eigenvalue weighted by Crippen LogP contribution is -2.32. The highest BCUT2D eigenvalue weighted by Crippen LogP contribution is 2.25. The van der Waals surface area contributed by atoms with E-state index in [-0.39, 0.29) is 11.6 Å². The average molecular weight is 407 g/mol. The summed E-state index contributed by atoms with van der Waals surface area (Å²) in [5.41, 5.74) is 4.81. The number of aromatic nitrogens is 2. The van der Waals surface area contributed by atoms with E-state index < -0.39 is 4.92 Å². The first kappa shape index (κ1) is 21.2. The highest BCUT2D eigenvalue weighted by molar-refractivity contribution is 5.94. The number of benzene rings is 2. The Morgan fingerprint density at radius 3 is 2.40 bits per heavy atom. The van der Waals surface area contributed by atoms with Crippen LogP contribution in [0.5, 0.6) is 0 Å². The second kappa shape index (κ2) is 8.87. The number of carbonyl (C=O) groups excluding carboxylic acids is 1. The maximum absolute atomic E-state index is 12.9. The normalized spacial score (nSPS) is 11.0. The highest BCUT2D eigenvalue weighted by Gasteiger charge is 2.18. The third kappa shape index (κ3) is 4.72. The van der Waals surface area contributed by atoms with Crippen LogP contribution in [0, 0.1) is 24.0 Å². The Bertz CT molecular complexity index is 1070. The van der Waals surface area contributed by atoms with E-state index in [4.69, 9.17) is 0 Å². The van der Waals surface area contributed by atoms with Gasteiger partial charge < -0.3 is 10.2 Å². The first-order chi connectivity index (χ1) is 14.3. The van der Waals surface area contributed by atoms with Gasteiger partial charge in [-0.25, -0.2) is 4.68 Å². The minimum Gasteiger partial charge on any atom is -0.349 e. The highest BCUT2D eigenvalue weighted by atomic mass is 16.6. The summed E-state index contributed by atoms with van der Waals surface area (Å²) in [6.07, 6.45) is 0. The van der Waals surface area contributed by atoms with Crippen molar-refractivity contribution in [1.82, 2.24) is 20.0 Å². The number of nitro benzene ring substituents is 1. The molecule has 1 amide bonds. The molecule has 1 N–H and O–H groups in total. The molecule has 1 aromatic heterocycles. The molecule has 0 radical (unpaired) electrons. The van der Waals surface area contributed by atoms with Crippen LogP contribution in [0.15, 0.2) is 48.5 Å². The number of carbonyl (C=O) groups is 1. The lowest BCUT2D eigenvalue weighted by molar-refractivity contribution is -0.384. The summed E-state index contributed by atoms with van der Waals surface area (Å²) in [4.78, 5) is 25.3. The molecule has 0 fully saturated rings. The van der Waals surface area contributed by atoms with Gasteiger partial charge in [0.15, 0.2) is 0 Å². The average Bonchev–Trinajstić information content (AvgIpc) is 3.15. The molecule has 0 aliphatic heterocycles. The van der Waals surface area contributed by atoms with Crippen molar-refractivity contribution >= 4 is 11.6 Å². The van der Waals surface area contributed by atoms with Crippen LogP contribution in [0.4, 0.5) is 5.69 Å². The van der Waals surface area contributed by atoms with Crippen molar-refractivity contribution in [2.45, 2.75) is 13.8 Å². The summed E-state index contributed by atoms with van der Waals surface area (Å²) in [5.74, 6) is -0.252. The molecule has 2 aromatic carbocycles. The molecule has 3 aromatic rings. The van der Waals surface area contributed by atoms with Crippen LogP contribution < -0.4 is 5.32 Å². The Morgan fingerprint density at radius 1 is 1.10 bits per heavy atom. The molecule has 0 atom stereocenters. The minimum atomic E-state index is -0.456. The first-order valence-electron chi connectivity index (χ1n) is 9.61. The fourth-order valence-electron chi connectivity index (χ4n) is 2.98. The van der Waals surface area contributed by atoms with E-state index in [2.05, 4.69) is 10.4 Å². The zero-order valence-corrected chi connectivity index (χ0v) is 17.5. The maximum Gasteiger partial charge on any atom is 0.270 e. The summed E-state index contributed by atoms with van der Waals surface area (Å²) >= 11 is 0. The van der Waals surface area contributed by atoms with Crippen LogP contribution in [-0.4, -0.2) is 52.7 Å². The number of nitrogens with zero attached hydrogens (tertiary/aromatic N) is 4. The van der Waals surface area contributed by atoms with Crippen LogP contribution in [0.25, 0.3) is 16.9 Å². The van der Waals surface area contributed by atoms with Crippen molar-refractivity contribution in [3.05, 3.63) is 75.5 Å². The van der Waals surface area contributed by atoms with E-state index in [1.54, 1.807) is 18.2 Å². The number of likely N-dealkylation sites (N-methyl/N-ethyl adjacent to an activating group) is 1. The number of hydrogen-bond acceptors (Lipinski definition) is 5. The van der Waals surface area contributed by atoms with Gasteiger partial charge in [-0.15, -0.1) is 0 Å². The molecule has 0 saturated heterocycles. The molecule has 0 spiro atoms. The van der Waals surface area contributed by atoms with Crippen LogP contribution in [0.2, 0.25) is 0 Å². The standard InChI is InChI=1S/C22H25N5O3/c1-15-5-6-17(13-16(15)2)20-14-21(22(28)23-11-12-25(3)4)26(24-20)18-7-9-19(10-8-18)27(29)30/h5-10,13-14H,11-12H2,1-4H3,(H,23,28). The van der Waals surface area contributed by atoms with Gasteiger partial charge in [0.1, 0.15) is 5.69 Å². The van der Waals surface area contributed by atoms with E-state index in [0.717, 1.165) is 11.1 Å². The minimum absolute atomic E-state index is 0.0164. The maximum atomic E-state index is 12.9. The van der Waals surface area contributed by atoms with Gasteiger partial charge in [0, 0.05) is 30.8 Å². The van der Waals surface area contributed by atoms with E-state index in [9.17, 15) is 14.9 Å². The third-order valence-corrected chi connectivity index (χ3v) is 4.89. The quantitative estimate of drug-likeness (QED) is 0.479. The molecule has 0 unspecified atom stereocenters. The van der Waals surface area contributed by atoms with Gasteiger partial charge in [0.2, 0.25) is 0 Å². The Morgan fingerprint density at radius 2 is 1.80 bits per heavy atom. The van der Waals surface area contributed by atoms with Crippen molar-refractivity contribution in [3.8, 4) is 16.9 Å². The van der Waals surface area contributed by atoms with E-state index in [1.165, 1.54) is 22.4 Å². The fourth-order valence-corrected chi connectivity index (χ4v) is 2.98. The Balaban J connectivity index is 2.01. The Labute approximate surface area is 175 Å². The third-order valence-electron chi connectivity index (χ3n) is 4.89. The van der Waals surface area contributed by atoms with Crippen molar-refractivity contribution in [1.29, 1.82) is 0 Å². The summed E-state index contributed by atoms with van der Waals surface area (Å²) in [6.45, 7) is 5.27. The lowest BCUT2D eigenvalue weighted by Gasteiger charge is -2.11. The number of hydrogen-bond donors (Lipinski definition) is 1. The SMILES string of the molecule is Cc1ccc(-c2cc(C(=O)NCCN(C)C)n(-c3ccc([N+](=O)[O-])cc3)n2)cc1C. The van der Waals surface area contributed by atoms with Crippen LogP contribution >= 0.6 is 0 Å². The van der Waals surface area contributed by atoms with Crippen molar-refractivity contribution in [2.24, 2.45) is 0 Å². The Hall–Kier alpha value is -3.52. The van der Waals surface area contributed by atoms with Gasteiger partial charge in [-0.05, 0) is 63.3 Å². The number of aryl methyl sites for hydroxylation is 2. The number of nitro groups is 1. The summed E-state index contributed by atoms with van der Waals surface area (Å²) < 4.78 is 1.53. The van der Waals surface area contributed by atoms with Crippen LogP contribution in [-0.2, 0) is 0 Å². The molecule has 0 saturated carbocycles. The van der Waals surface area contributed by atoms with Crippen molar-refractivity contribution in [3.63, 3.8) is 0 Å². The van der Waals surface area contributed by atoms with Crippen molar-refractivity contribution < 1.29 is 9.72 Å². The molecule has 8 heteroatoms. The number of amides is 1. The molecule has 0 bridgehead atoms. The summed E-state index contributed by atoms with van der Waals surface area (Å²) in [7, 11) is 3.87. The monoisotopic (exact) mass is 407 g/mol. The van der Waals surface area contributed by atoms with Gasteiger partial charge >= 0.3 is 0 Å². The number of nitrogens with one attached hydrogen (secondary N) is 1. The molecule has 156 valence electrons. The topological polar surface area (TPSA) is 93.3 Å². The largest absolute Gasteiger partial charge is 0.349 e. The predicted octanol–water partition coefficient (Wildman–Crippen LogP) is 3.36. The predicted molar refractivity (Wildman–Crippen MR) is 116 cm³/mol. The van der Waals surface area contributed by atoms with Crippen LogP contribution in [0.3, 0.4) is 0 Å². The van der Waals surface area contributed by atoms with Crippen LogP contribution in [0.1, 0.15) is 21.6 Å². The molecule has 8 nitrogen and oxygen atoms in total. The van der Waals surface area contributed by atoms with Gasteiger partial charge in [-0.1, -0.05) is 12.1 Å². The zero-order valence-electron chi connectivity index (χ0n) is 17.5. The Kier molecular flexibility index (Phi) is 6.27. The lowest BCUT2D eigenvalue weighted by atomic mass is 10.0. The molecule has 0 aliphatic carbocycles. The molecule has 3 rings (SSSR count). The summed E-state index contributed by atoms with van der Waals surface area (Å²) in [5, 5.41) is 18.5. The number of rotatable bonds is 7. The molecule has 0 aliphatic rings. The van der Waals surface area contributed by atoms with E-state index in [0.29, 0.717) is 30.2 Å². The van der Waals surface area contributed by atoms with Gasteiger partial charge in [-0.2, -0.15) is 5.10 Å². The molecule has 30 heavy (non-hydrogen) atoms. The van der Waals surface area contributed by atoms with Crippen molar-refractivity contribution in [2.75, 3.05) is 27.2 Å². The molecule has 1 heterocycles. The fraction of sp³-hybridized carbons (Fsp3) is 0.273. The second-order valence-corrected chi connectivity index (χ2v) is 7.46. The van der Waals surface area contributed by atoms with Gasteiger partial charge in [-0.3, -0.25) is 14.9 Å². The summed E-state index contributed by atoms with van der Waals surface area (Å²) in [6, 6.07) is 13.8. The molecular formula is C22H25N5O3. The molecular weight excluding hydrogens is 382 g/mol. The second-order valence-electron chi connectivity index (χ2n) is 7.46. The van der Waals surface area contributed by atoms with E-state index >= 15 is 0 Å². The van der Waals surface area contributed by atoms with E-state index in [1.807, 2.05) is 51.0 Å². The van der Waals surface area contributed by atoms with Gasteiger partial charge in [0.25, 0.3) is 11.6 Å². The first-order valence-corrected chi connectivity index (χ1v) is 9.61. The van der Waals surface area contributed by atoms with Gasteiger partial charge in [0.05, 0.1) is 16.3 Å². The zero-order chi connectivity index (χ0) is 21.8.